The molecule has 4 heteroatoms. The molecule has 1 aromatic carbocycles. The molecule has 0 spiro atoms. The zero-order valence-electron chi connectivity index (χ0n) is 9.32. The minimum atomic E-state index is 0.360. The second-order valence-electron chi connectivity index (χ2n) is 4.12. The molecular formula is C12H18N4. The van der Waals surface area contributed by atoms with E-state index >= 15 is 0 Å². The van der Waals surface area contributed by atoms with E-state index in [0.29, 0.717) is 11.9 Å². The van der Waals surface area contributed by atoms with Crippen molar-refractivity contribution in [3.63, 3.8) is 0 Å². The number of nitrogen functional groups attached to an aromatic ring is 1. The van der Waals surface area contributed by atoms with Gasteiger partial charge in [0.15, 0.2) is 0 Å². The maximum absolute atomic E-state index is 5.96. The lowest BCUT2D eigenvalue weighted by Crippen LogP contribution is -2.31. The molecule has 4 nitrogen and oxygen atoms in total. The van der Waals surface area contributed by atoms with E-state index in [4.69, 9.17) is 11.5 Å². The van der Waals surface area contributed by atoms with Crippen molar-refractivity contribution >= 4 is 11.5 Å². The molecule has 0 bridgehead atoms. The Bertz CT molecular complexity index is 363. The third-order valence-corrected chi connectivity index (χ3v) is 2.84. The molecule has 1 aliphatic heterocycles. The molecule has 1 aliphatic rings. The van der Waals surface area contributed by atoms with Crippen molar-refractivity contribution in [2.45, 2.75) is 18.9 Å². The average molecular weight is 218 g/mol. The Hall–Kier alpha value is -1.55. The van der Waals surface area contributed by atoms with Crippen molar-refractivity contribution in [1.82, 2.24) is 5.32 Å². The highest BCUT2D eigenvalue weighted by atomic mass is 14.9. The van der Waals surface area contributed by atoms with Crippen LogP contribution < -0.4 is 16.8 Å². The van der Waals surface area contributed by atoms with Crippen LogP contribution in [0.3, 0.4) is 0 Å². The van der Waals surface area contributed by atoms with Crippen LogP contribution in [0.1, 0.15) is 18.4 Å². The molecule has 0 radical (unpaired) electrons. The van der Waals surface area contributed by atoms with E-state index in [0.717, 1.165) is 37.2 Å². The molecular weight excluding hydrogens is 200 g/mol. The summed E-state index contributed by atoms with van der Waals surface area (Å²) in [6, 6.07) is 7.88. The van der Waals surface area contributed by atoms with Crippen molar-refractivity contribution in [2.24, 2.45) is 10.7 Å². The van der Waals surface area contributed by atoms with Crippen LogP contribution in [0.5, 0.6) is 0 Å². The fourth-order valence-electron chi connectivity index (χ4n) is 1.86. The van der Waals surface area contributed by atoms with Gasteiger partial charge in [0.2, 0.25) is 0 Å². The second kappa shape index (κ2) is 4.99. The summed E-state index contributed by atoms with van der Waals surface area (Å²) in [5.41, 5.74) is 13.3. The summed E-state index contributed by atoms with van der Waals surface area (Å²) in [7, 11) is 0. The maximum atomic E-state index is 5.96. The molecule has 86 valence electrons. The van der Waals surface area contributed by atoms with Crippen LogP contribution in [-0.2, 0) is 0 Å². The summed E-state index contributed by atoms with van der Waals surface area (Å²) in [5.74, 6) is 0.618. The lowest BCUT2D eigenvalue weighted by atomic mass is 10.1. The number of rotatable bonds is 2. The van der Waals surface area contributed by atoms with E-state index in [1.54, 1.807) is 0 Å². The van der Waals surface area contributed by atoms with Crippen LogP contribution in [-0.4, -0.2) is 25.0 Å². The van der Waals surface area contributed by atoms with Crippen LogP contribution in [0.15, 0.2) is 29.3 Å². The monoisotopic (exact) mass is 218 g/mol. The SMILES string of the molecule is NC(=NC1CCNCC1)c1ccc(N)cc1. The minimum Gasteiger partial charge on any atom is -0.399 e. The first-order valence-electron chi connectivity index (χ1n) is 5.65. The Morgan fingerprint density at radius 1 is 1.19 bits per heavy atom. The van der Waals surface area contributed by atoms with E-state index in [9.17, 15) is 0 Å². The molecule has 1 saturated heterocycles. The van der Waals surface area contributed by atoms with Gasteiger partial charge in [0.1, 0.15) is 5.84 Å². The molecule has 1 heterocycles. The van der Waals surface area contributed by atoms with Crippen molar-refractivity contribution in [3.8, 4) is 0 Å². The van der Waals surface area contributed by atoms with Gasteiger partial charge in [-0.3, -0.25) is 4.99 Å². The van der Waals surface area contributed by atoms with E-state index in [1.165, 1.54) is 0 Å². The van der Waals surface area contributed by atoms with Gasteiger partial charge in [-0.25, -0.2) is 0 Å². The van der Waals surface area contributed by atoms with Crippen molar-refractivity contribution in [1.29, 1.82) is 0 Å². The molecule has 0 amide bonds. The van der Waals surface area contributed by atoms with E-state index in [1.807, 2.05) is 24.3 Å². The standard InChI is InChI=1S/C12H18N4/c13-10-3-1-9(2-4-10)12(14)16-11-5-7-15-8-6-11/h1-4,11,15H,5-8,13H2,(H2,14,16). The lowest BCUT2D eigenvalue weighted by molar-refractivity contribution is 0.459. The number of nitrogens with zero attached hydrogens (tertiary/aromatic N) is 1. The van der Waals surface area contributed by atoms with Crippen LogP contribution in [0.4, 0.5) is 5.69 Å². The summed E-state index contributed by atoms with van der Waals surface area (Å²) in [6.07, 6.45) is 2.13. The third-order valence-electron chi connectivity index (χ3n) is 2.84. The predicted molar refractivity (Wildman–Crippen MR) is 67.5 cm³/mol. The number of hydrogen-bond acceptors (Lipinski definition) is 3. The van der Waals surface area contributed by atoms with E-state index < -0.39 is 0 Å². The Labute approximate surface area is 95.7 Å². The number of nitrogens with one attached hydrogen (secondary N) is 1. The van der Waals surface area contributed by atoms with Crippen molar-refractivity contribution in [2.75, 3.05) is 18.8 Å². The zero-order chi connectivity index (χ0) is 11.4. The molecule has 0 unspecified atom stereocenters. The molecule has 0 saturated carbocycles. The largest absolute Gasteiger partial charge is 0.399 e. The summed E-state index contributed by atoms with van der Waals surface area (Å²) in [4.78, 5) is 4.55. The van der Waals surface area contributed by atoms with Crippen molar-refractivity contribution in [3.05, 3.63) is 29.8 Å². The number of benzene rings is 1. The van der Waals surface area contributed by atoms with Gasteiger partial charge >= 0.3 is 0 Å². The second-order valence-corrected chi connectivity index (χ2v) is 4.12. The van der Waals surface area contributed by atoms with Gasteiger partial charge in [0, 0.05) is 11.3 Å². The number of nitrogens with two attached hydrogens (primary N) is 2. The average Bonchev–Trinajstić information content (AvgIpc) is 2.31. The number of hydrogen-bond donors (Lipinski definition) is 3. The van der Waals surface area contributed by atoms with Gasteiger partial charge in [0.25, 0.3) is 0 Å². The van der Waals surface area contributed by atoms with Crippen molar-refractivity contribution < 1.29 is 0 Å². The van der Waals surface area contributed by atoms with Crippen LogP contribution >= 0.6 is 0 Å². The Balaban J connectivity index is 2.07. The van der Waals surface area contributed by atoms with Gasteiger partial charge in [0.05, 0.1) is 6.04 Å². The quantitative estimate of drug-likeness (QED) is 0.389. The highest BCUT2D eigenvalue weighted by Crippen LogP contribution is 2.10. The summed E-state index contributed by atoms with van der Waals surface area (Å²) >= 11 is 0. The van der Waals surface area contributed by atoms with E-state index in [-0.39, 0.29) is 0 Å². The highest BCUT2D eigenvalue weighted by Gasteiger charge is 2.12. The summed E-state index contributed by atoms with van der Waals surface area (Å²) in [5, 5.41) is 3.31. The molecule has 0 atom stereocenters. The van der Waals surface area contributed by atoms with Gasteiger partial charge < -0.3 is 16.8 Å². The fourth-order valence-corrected chi connectivity index (χ4v) is 1.86. The summed E-state index contributed by atoms with van der Waals surface area (Å²) in [6.45, 7) is 2.06. The Kier molecular flexibility index (Phi) is 3.41. The van der Waals surface area contributed by atoms with Gasteiger partial charge in [-0.1, -0.05) is 0 Å². The molecule has 5 N–H and O–H groups in total. The summed E-state index contributed by atoms with van der Waals surface area (Å²) < 4.78 is 0. The molecule has 1 fully saturated rings. The fraction of sp³-hybridized carbons (Fsp3) is 0.417. The zero-order valence-corrected chi connectivity index (χ0v) is 9.32. The Morgan fingerprint density at radius 3 is 2.44 bits per heavy atom. The molecule has 1 aromatic rings. The Morgan fingerprint density at radius 2 is 1.81 bits per heavy atom. The topological polar surface area (TPSA) is 76.4 Å². The van der Waals surface area contributed by atoms with Gasteiger partial charge in [-0.05, 0) is 50.2 Å². The minimum absolute atomic E-state index is 0.360. The molecule has 2 rings (SSSR count). The van der Waals surface area contributed by atoms with Crippen LogP contribution in [0.25, 0.3) is 0 Å². The third kappa shape index (κ3) is 2.73. The first-order valence-corrected chi connectivity index (χ1v) is 5.65. The number of aliphatic imine (C=N–C) groups is 1. The maximum Gasteiger partial charge on any atom is 0.125 e. The first kappa shape index (κ1) is 11.0. The van der Waals surface area contributed by atoms with Crippen LogP contribution in [0.2, 0.25) is 0 Å². The lowest BCUT2D eigenvalue weighted by Gasteiger charge is -2.19. The predicted octanol–water partition coefficient (Wildman–Crippen LogP) is 0.726. The van der Waals surface area contributed by atoms with E-state index in [2.05, 4.69) is 10.3 Å². The molecule has 0 aromatic heterocycles. The molecule has 0 aliphatic carbocycles. The van der Waals surface area contributed by atoms with Gasteiger partial charge in [-0.15, -0.1) is 0 Å². The smallest absolute Gasteiger partial charge is 0.125 e. The highest BCUT2D eigenvalue weighted by molar-refractivity contribution is 5.97. The van der Waals surface area contributed by atoms with Gasteiger partial charge in [-0.2, -0.15) is 0 Å². The first-order chi connectivity index (χ1) is 7.75. The normalized spacial score (nSPS) is 18.6. The number of anilines is 1. The van der Waals surface area contributed by atoms with Crippen LogP contribution in [0, 0.1) is 0 Å². The molecule has 16 heavy (non-hydrogen) atoms. The number of piperidine rings is 1. The number of amidine groups is 1.